The Kier molecular flexibility index (Phi) is 5.58. The van der Waals surface area contributed by atoms with E-state index < -0.39 is 10.9 Å². The van der Waals surface area contributed by atoms with Gasteiger partial charge in [-0.15, -0.1) is 0 Å². The molecule has 1 saturated heterocycles. The lowest BCUT2D eigenvalue weighted by Crippen LogP contribution is -2.26. The molecule has 1 aromatic rings. The minimum absolute atomic E-state index is 0.214. The third-order valence-corrected chi connectivity index (χ3v) is 4.68. The fourth-order valence-corrected chi connectivity index (χ4v) is 3.70. The zero-order chi connectivity index (χ0) is 15.2. The minimum atomic E-state index is -1.26. The van der Waals surface area contributed by atoms with Crippen LogP contribution in [-0.4, -0.2) is 34.0 Å². The lowest BCUT2D eigenvalue weighted by Gasteiger charge is -2.21. The van der Waals surface area contributed by atoms with Crippen molar-refractivity contribution >= 4 is 23.4 Å². The summed E-state index contributed by atoms with van der Waals surface area (Å²) < 4.78 is 0. The lowest BCUT2D eigenvalue weighted by atomic mass is 10.0. The number of hydrogen-bond acceptors (Lipinski definition) is 5. The molecule has 0 amide bonds. The standard InChI is InChI=1S/C14H18N2O4S/c17-14(18)13-11(2-1-3-12(13)16(19)20)9-15-8-10-4-6-21-7-5-10/h1-3,10,15H,4-9H2,(H,17,18). The van der Waals surface area contributed by atoms with Gasteiger partial charge in [-0.2, -0.15) is 11.8 Å². The molecule has 2 N–H and O–H groups in total. The Hall–Kier alpha value is -1.60. The van der Waals surface area contributed by atoms with Crippen molar-refractivity contribution in [3.8, 4) is 0 Å². The van der Waals surface area contributed by atoms with Gasteiger partial charge in [-0.05, 0) is 42.4 Å². The summed E-state index contributed by atoms with van der Waals surface area (Å²) in [5.74, 6) is 1.69. The van der Waals surface area contributed by atoms with Crippen molar-refractivity contribution in [1.29, 1.82) is 0 Å². The van der Waals surface area contributed by atoms with Crippen LogP contribution in [0.2, 0.25) is 0 Å². The number of rotatable bonds is 6. The van der Waals surface area contributed by atoms with E-state index in [1.54, 1.807) is 6.07 Å². The van der Waals surface area contributed by atoms with Crippen molar-refractivity contribution in [3.05, 3.63) is 39.4 Å². The van der Waals surface area contributed by atoms with Crippen LogP contribution in [0.15, 0.2) is 18.2 Å². The first kappa shape index (κ1) is 15.8. The number of nitro groups is 1. The Morgan fingerprint density at radius 3 is 2.76 bits per heavy atom. The van der Waals surface area contributed by atoms with Crippen LogP contribution >= 0.6 is 11.8 Å². The summed E-state index contributed by atoms with van der Waals surface area (Å²) in [5.41, 5.74) is -0.105. The van der Waals surface area contributed by atoms with Crippen LogP contribution in [0.4, 0.5) is 5.69 Å². The number of carbonyl (C=O) groups is 1. The maximum atomic E-state index is 11.3. The molecule has 0 saturated carbocycles. The van der Waals surface area contributed by atoms with Crippen molar-refractivity contribution in [2.75, 3.05) is 18.1 Å². The van der Waals surface area contributed by atoms with E-state index in [-0.39, 0.29) is 11.3 Å². The van der Waals surface area contributed by atoms with Gasteiger partial charge in [0.2, 0.25) is 0 Å². The molecule has 1 aromatic carbocycles. The van der Waals surface area contributed by atoms with Crippen LogP contribution in [0.5, 0.6) is 0 Å². The Morgan fingerprint density at radius 1 is 1.43 bits per heavy atom. The van der Waals surface area contributed by atoms with Gasteiger partial charge < -0.3 is 10.4 Å². The molecule has 0 bridgehead atoms. The van der Waals surface area contributed by atoms with E-state index >= 15 is 0 Å². The van der Waals surface area contributed by atoms with Crippen molar-refractivity contribution in [1.82, 2.24) is 5.32 Å². The number of aromatic carboxylic acids is 1. The van der Waals surface area contributed by atoms with Crippen molar-refractivity contribution in [3.63, 3.8) is 0 Å². The molecule has 1 aliphatic rings. The van der Waals surface area contributed by atoms with E-state index in [0.29, 0.717) is 18.0 Å². The van der Waals surface area contributed by atoms with E-state index in [9.17, 15) is 20.0 Å². The third-order valence-electron chi connectivity index (χ3n) is 3.63. The van der Waals surface area contributed by atoms with Gasteiger partial charge in [-0.3, -0.25) is 10.1 Å². The Labute approximate surface area is 127 Å². The number of hydrogen-bond donors (Lipinski definition) is 2. The fraction of sp³-hybridized carbons (Fsp3) is 0.500. The summed E-state index contributed by atoms with van der Waals surface area (Å²) in [6.07, 6.45) is 2.33. The van der Waals surface area contributed by atoms with Gasteiger partial charge in [0.25, 0.3) is 5.69 Å². The highest BCUT2D eigenvalue weighted by Crippen LogP contribution is 2.24. The first-order valence-corrected chi connectivity index (χ1v) is 8.03. The predicted octanol–water partition coefficient (Wildman–Crippen LogP) is 2.53. The monoisotopic (exact) mass is 310 g/mol. The molecular weight excluding hydrogens is 292 g/mol. The van der Waals surface area contributed by atoms with E-state index in [0.717, 1.165) is 6.54 Å². The summed E-state index contributed by atoms with van der Waals surface area (Å²) in [5, 5.41) is 23.4. The third kappa shape index (κ3) is 4.18. The molecule has 114 valence electrons. The van der Waals surface area contributed by atoms with E-state index in [1.165, 1.54) is 36.5 Å². The second-order valence-electron chi connectivity index (χ2n) is 5.06. The molecule has 0 aliphatic carbocycles. The molecule has 6 nitrogen and oxygen atoms in total. The van der Waals surface area contributed by atoms with Gasteiger partial charge in [-0.25, -0.2) is 4.79 Å². The van der Waals surface area contributed by atoms with Gasteiger partial charge in [0.1, 0.15) is 5.56 Å². The largest absolute Gasteiger partial charge is 0.477 e. The van der Waals surface area contributed by atoms with Crippen molar-refractivity contribution < 1.29 is 14.8 Å². The highest BCUT2D eigenvalue weighted by molar-refractivity contribution is 7.99. The zero-order valence-electron chi connectivity index (χ0n) is 11.6. The SMILES string of the molecule is O=C(O)c1c(CNCC2CCSCC2)cccc1[N+](=O)[O-]. The number of carboxylic acid groups (broad SMARTS) is 1. The summed E-state index contributed by atoms with van der Waals surface area (Å²) >= 11 is 1.96. The molecule has 0 radical (unpaired) electrons. The molecule has 1 aliphatic heterocycles. The molecule has 1 fully saturated rings. The molecule has 0 unspecified atom stereocenters. The van der Waals surface area contributed by atoms with E-state index in [4.69, 9.17) is 0 Å². The van der Waals surface area contributed by atoms with Crippen LogP contribution in [-0.2, 0) is 6.54 Å². The number of thioether (sulfide) groups is 1. The van der Waals surface area contributed by atoms with Crippen LogP contribution in [0.3, 0.4) is 0 Å². The zero-order valence-corrected chi connectivity index (χ0v) is 12.4. The van der Waals surface area contributed by atoms with Gasteiger partial charge in [0, 0.05) is 12.6 Å². The van der Waals surface area contributed by atoms with Gasteiger partial charge >= 0.3 is 5.97 Å². The average molecular weight is 310 g/mol. The van der Waals surface area contributed by atoms with Crippen LogP contribution < -0.4 is 5.32 Å². The number of nitro benzene ring substituents is 1. The molecule has 0 spiro atoms. The molecule has 0 atom stereocenters. The molecule has 21 heavy (non-hydrogen) atoms. The van der Waals surface area contributed by atoms with Crippen LogP contribution in [0.1, 0.15) is 28.8 Å². The Balaban J connectivity index is 2.03. The van der Waals surface area contributed by atoms with Gasteiger partial charge in [-0.1, -0.05) is 12.1 Å². The van der Waals surface area contributed by atoms with Crippen molar-refractivity contribution in [2.45, 2.75) is 19.4 Å². The fourth-order valence-electron chi connectivity index (χ4n) is 2.49. The summed E-state index contributed by atoms with van der Waals surface area (Å²) in [4.78, 5) is 21.5. The minimum Gasteiger partial charge on any atom is -0.477 e. The van der Waals surface area contributed by atoms with Gasteiger partial charge in [0.15, 0.2) is 0 Å². The van der Waals surface area contributed by atoms with E-state index in [1.807, 2.05) is 11.8 Å². The Bertz CT molecular complexity index is 530. The second-order valence-corrected chi connectivity index (χ2v) is 6.28. The topological polar surface area (TPSA) is 92.5 Å². The predicted molar refractivity (Wildman–Crippen MR) is 81.8 cm³/mol. The highest BCUT2D eigenvalue weighted by atomic mass is 32.2. The maximum Gasteiger partial charge on any atom is 0.343 e. The quantitative estimate of drug-likeness (QED) is 0.619. The molecular formula is C14H18N2O4S. The molecule has 2 rings (SSSR count). The first-order valence-electron chi connectivity index (χ1n) is 6.87. The van der Waals surface area contributed by atoms with Gasteiger partial charge in [0.05, 0.1) is 4.92 Å². The Morgan fingerprint density at radius 2 is 2.14 bits per heavy atom. The summed E-state index contributed by atoms with van der Waals surface area (Å²) in [7, 11) is 0. The lowest BCUT2D eigenvalue weighted by molar-refractivity contribution is -0.385. The van der Waals surface area contributed by atoms with Crippen molar-refractivity contribution in [2.24, 2.45) is 5.92 Å². The molecule has 7 heteroatoms. The normalized spacial score (nSPS) is 15.8. The second kappa shape index (κ2) is 7.42. The summed E-state index contributed by atoms with van der Waals surface area (Å²) in [6, 6.07) is 4.38. The van der Waals surface area contributed by atoms with Crippen LogP contribution in [0.25, 0.3) is 0 Å². The molecule has 1 heterocycles. The molecule has 0 aromatic heterocycles. The van der Waals surface area contributed by atoms with Crippen LogP contribution in [0, 0.1) is 16.0 Å². The van der Waals surface area contributed by atoms with E-state index in [2.05, 4.69) is 5.32 Å². The number of benzene rings is 1. The number of carboxylic acids is 1. The maximum absolute atomic E-state index is 11.3. The first-order chi connectivity index (χ1) is 10.1. The average Bonchev–Trinajstić information content (AvgIpc) is 2.47. The highest BCUT2D eigenvalue weighted by Gasteiger charge is 2.23. The smallest absolute Gasteiger partial charge is 0.343 e. The number of nitrogens with zero attached hydrogens (tertiary/aromatic N) is 1. The summed E-state index contributed by atoms with van der Waals surface area (Å²) in [6.45, 7) is 1.16. The number of nitrogens with one attached hydrogen (secondary N) is 1.